The van der Waals surface area contributed by atoms with E-state index in [1.807, 2.05) is 4.90 Å². The van der Waals surface area contributed by atoms with Gasteiger partial charge in [-0.05, 0) is 37.2 Å². The summed E-state index contributed by atoms with van der Waals surface area (Å²) in [7, 11) is 0. The van der Waals surface area contributed by atoms with Gasteiger partial charge in [0.05, 0.1) is 23.9 Å². The van der Waals surface area contributed by atoms with Crippen LogP contribution in [0.15, 0.2) is 29.5 Å². The lowest BCUT2D eigenvalue weighted by atomic mass is 10.1. The van der Waals surface area contributed by atoms with Crippen LogP contribution in [0.25, 0.3) is 10.9 Å². The van der Waals surface area contributed by atoms with E-state index in [2.05, 4.69) is 15.0 Å². The third kappa shape index (κ3) is 4.48. The van der Waals surface area contributed by atoms with Crippen LogP contribution in [0.4, 0.5) is 10.1 Å². The van der Waals surface area contributed by atoms with Gasteiger partial charge < -0.3 is 19.7 Å². The lowest BCUT2D eigenvalue weighted by Gasteiger charge is -2.37. The molecule has 0 spiro atoms. The average Bonchev–Trinajstić information content (AvgIpc) is 3.56. The molecule has 10 nitrogen and oxygen atoms in total. The maximum Gasteiger partial charge on any atom is 0.341 e. The maximum atomic E-state index is 15.1. The van der Waals surface area contributed by atoms with Gasteiger partial charge >= 0.3 is 5.97 Å². The van der Waals surface area contributed by atoms with E-state index in [-0.39, 0.29) is 17.0 Å². The standard InChI is InChI=1S/C22H25FN6O4S/c23-17-7-15-18(29(13-1-2-13)11-16(20(15)31)21(32)33)8-19(17)27-5-3-26(4-6-27)9-14(30)10-28-12-24-22(34)25-28/h7-8,11-14,30H,1-6,9-10H2,(H,25,34)(H,32,33). The number of carboxylic acids is 1. The van der Waals surface area contributed by atoms with E-state index in [9.17, 15) is 19.8 Å². The van der Waals surface area contributed by atoms with Crippen LogP contribution in [0, 0.1) is 10.6 Å². The number of aromatic nitrogens is 4. The second kappa shape index (κ2) is 8.93. The van der Waals surface area contributed by atoms with E-state index < -0.39 is 23.3 Å². The number of nitrogens with zero attached hydrogens (tertiary/aromatic N) is 5. The van der Waals surface area contributed by atoms with Gasteiger partial charge in [-0.3, -0.25) is 19.5 Å². The minimum Gasteiger partial charge on any atom is -0.477 e. The van der Waals surface area contributed by atoms with Crippen LogP contribution in [0.5, 0.6) is 0 Å². The van der Waals surface area contributed by atoms with Gasteiger partial charge in [0, 0.05) is 50.3 Å². The van der Waals surface area contributed by atoms with Crippen LogP contribution in [0.2, 0.25) is 0 Å². The van der Waals surface area contributed by atoms with Gasteiger partial charge in [-0.15, -0.1) is 0 Å². The fourth-order valence-corrected chi connectivity index (χ4v) is 4.72. The SMILES string of the molecule is O=C(O)c1cn(C2CC2)c2cc(N3CCN(CC(O)Cn4cnc(=S)[nH]4)CC3)c(F)cc2c1=O. The molecular formula is C22H25FN6O4S. The molecule has 12 heteroatoms. The molecular weight excluding hydrogens is 463 g/mol. The first-order chi connectivity index (χ1) is 16.3. The number of carboxylic acid groups (broad SMARTS) is 1. The summed E-state index contributed by atoms with van der Waals surface area (Å²) in [6, 6.07) is 2.97. The zero-order valence-electron chi connectivity index (χ0n) is 18.4. The lowest BCUT2D eigenvalue weighted by Crippen LogP contribution is -2.49. The monoisotopic (exact) mass is 488 g/mol. The number of pyridine rings is 1. The molecule has 3 heterocycles. The molecule has 1 saturated carbocycles. The van der Waals surface area contributed by atoms with Crippen molar-refractivity contribution < 1.29 is 19.4 Å². The van der Waals surface area contributed by atoms with Crippen molar-refractivity contribution in [2.24, 2.45) is 0 Å². The number of aliphatic hydroxyl groups is 1. The van der Waals surface area contributed by atoms with Crippen molar-refractivity contribution in [3.8, 4) is 0 Å². The number of carbonyl (C=O) groups is 1. The molecule has 0 bridgehead atoms. The Balaban J connectivity index is 1.33. The molecule has 0 amide bonds. The smallest absolute Gasteiger partial charge is 0.341 e. The van der Waals surface area contributed by atoms with Gasteiger partial charge in [0.2, 0.25) is 10.2 Å². The third-order valence-electron chi connectivity index (χ3n) is 6.41. The van der Waals surface area contributed by atoms with Crippen molar-refractivity contribution in [3.63, 3.8) is 0 Å². The molecule has 1 saturated heterocycles. The van der Waals surface area contributed by atoms with Gasteiger partial charge in [0.15, 0.2) is 0 Å². The highest BCUT2D eigenvalue weighted by Crippen LogP contribution is 2.38. The highest BCUT2D eigenvalue weighted by Gasteiger charge is 2.28. The number of rotatable bonds is 7. The van der Waals surface area contributed by atoms with Gasteiger partial charge in [0.25, 0.3) is 0 Å². The number of aromatic amines is 1. The number of aliphatic hydroxyl groups excluding tert-OH is 1. The Morgan fingerprint density at radius 1 is 1.24 bits per heavy atom. The number of piperazine rings is 1. The molecule has 1 aromatic carbocycles. The molecule has 1 atom stereocenters. The Hall–Kier alpha value is -3.09. The summed E-state index contributed by atoms with van der Waals surface area (Å²) in [5.74, 6) is -1.85. The average molecular weight is 489 g/mol. The van der Waals surface area contributed by atoms with E-state index in [1.165, 1.54) is 12.3 Å². The summed E-state index contributed by atoms with van der Waals surface area (Å²) < 4.78 is 18.9. The summed E-state index contributed by atoms with van der Waals surface area (Å²) in [4.78, 5) is 32.2. The van der Waals surface area contributed by atoms with Gasteiger partial charge in [-0.1, -0.05) is 0 Å². The zero-order chi connectivity index (χ0) is 24.0. The van der Waals surface area contributed by atoms with E-state index >= 15 is 4.39 Å². The Morgan fingerprint density at radius 2 is 1.97 bits per heavy atom. The Morgan fingerprint density at radius 3 is 2.59 bits per heavy atom. The van der Waals surface area contributed by atoms with Crippen LogP contribution < -0.4 is 10.3 Å². The van der Waals surface area contributed by atoms with Crippen molar-refractivity contribution in [2.75, 3.05) is 37.6 Å². The third-order valence-corrected chi connectivity index (χ3v) is 6.61. The number of fused-ring (bicyclic) bond motifs is 1. The largest absolute Gasteiger partial charge is 0.477 e. The second-order valence-electron chi connectivity index (χ2n) is 8.89. The number of benzene rings is 1. The maximum absolute atomic E-state index is 15.1. The van der Waals surface area contributed by atoms with Gasteiger partial charge in [-0.25, -0.2) is 14.2 Å². The number of aromatic carboxylic acids is 1. The predicted molar refractivity (Wildman–Crippen MR) is 125 cm³/mol. The molecule has 2 aromatic heterocycles. The summed E-state index contributed by atoms with van der Waals surface area (Å²) >= 11 is 4.94. The zero-order valence-corrected chi connectivity index (χ0v) is 19.2. The van der Waals surface area contributed by atoms with E-state index in [1.54, 1.807) is 21.6 Å². The molecule has 3 aromatic rings. The second-order valence-corrected chi connectivity index (χ2v) is 9.28. The Bertz CT molecular complexity index is 1360. The number of hydrogen-bond donors (Lipinski definition) is 3. The first kappa shape index (κ1) is 22.7. The number of halogens is 1. The fourth-order valence-electron chi connectivity index (χ4n) is 4.56. The number of β-amino-alcohol motifs (C(OH)–C–C–N with tert-alkyl or cyclic N) is 1. The minimum atomic E-state index is -1.31. The molecule has 0 radical (unpaired) electrons. The van der Waals surface area contributed by atoms with E-state index in [4.69, 9.17) is 12.2 Å². The first-order valence-corrected chi connectivity index (χ1v) is 11.6. The lowest BCUT2D eigenvalue weighted by molar-refractivity contribution is 0.0694. The number of nitrogens with one attached hydrogen (secondary N) is 1. The van der Waals surface area contributed by atoms with Crippen molar-refractivity contribution in [3.05, 3.63) is 51.0 Å². The van der Waals surface area contributed by atoms with Crippen LogP contribution in [-0.4, -0.2) is 79.2 Å². The quantitative estimate of drug-likeness (QED) is 0.429. The first-order valence-electron chi connectivity index (χ1n) is 11.2. The van der Waals surface area contributed by atoms with Crippen molar-refractivity contribution in [1.82, 2.24) is 24.2 Å². The molecule has 2 aliphatic rings. The van der Waals surface area contributed by atoms with Crippen LogP contribution >= 0.6 is 12.2 Å². The predicted octanol–water partition coefficient (Wildman–Crippen LogP) is 1.61. The molecule has 34 heavy (non-hydrogen) atoms. The highest BCUT2D eigenvalue weighted by molar-refractivity contribution is 7.71. The van der Waals surface area contributed by atoms with Crippen molar-refractivity contribution >= 4 is 34.8 Å². The Labute approximate surface area is 198 Å². The van der Waals surface area contributed by atoms with E-state index in [0.717, 1.165) is 12.8 Å². The summed E-state index contributed by atoms with van der Waals surface area (Å²) in [6.45, 7) is 3.21. The summed E-state index contributed by atoms with van der Waals surface area (Å²) in [5.41, 5.74) is -0.0436. The van der Waals surface area contributed by atoms with Crippen LogP contribution in [-0.2, 0) is 6.54 Å². The van der Waals surface area contributed by atoms with Gasteiger partial charge in [0.1, 0.15) is 17.7 Å². The van der Waals surface area contributed by atoms with Crippen LogP contribution in [0.1, 0.15) is 29.2 Å². The minimum absolute atomic E-state index is 0.0911. The molecule has 1 unspecified atom stereocenters. The number of hydrogen-bond acceptors (Lipinski definition) is 7. The fraction of sp³-hybridized carbons (Fsp3) is 0.455. The summed E-state index contributed by atoms with van der Waals surface area (Å²) in [6.07, 6.45) is 4.12. The van der Waals surface area contributed by atoms with Crippen molar-refractivity contribution in [1.29, 1.82) is 0 Å². The van der Waals surface area contributed by atoms with E-state index in [0.29, 0.717) is 55.2 Å². The number of H-pyrrole nitrogens is 1. The van der Waals surface area contributed by atoms with Gasteiger partial charge in [-0.2, -0.15) is 0 Å². The topological polar surface area (TPSA) is 120 Å². The molecule has 1 aliphatic heterocycles. The molecule has 1 aliphatic carbocycles. The summed E-state index contributed by atoms with van der Waals surface area (Å²) in [5, 5.41) is 22.7. The Kier molecular flexibility index (Phi) is 5.96. The molecule has 5 rings (SSSR count). The normalized spacial score (nSPS) is 17.9. The molecule has 3 N–H and O–H groups in total. The van der Waals surface area contributed by atoms with Crippen molar-refractivity contribution in [2.45, 2.75) is 31.5 Å². The molecule has 180 valence electrons. The highest BCUT2D eigenvalue weighted by atomic mass is 32.1. The van der Waals surface area contributed by atoms with Crippen LogP contribution in [0.3, 0.4) is 0 Å². The molecule has 2 fully saturated rings. The number of anilines is 1.